The second kappa shape index (κ2) is 3.96. The Balaban J connectivity index is 2.57. The van der Waals surface area contributed by atoms with Gasteiger partial charge in [0, 0.05) is 6.54 Å². The number of fused-ring (bicyclic) bond motifs is 1. The number of hydrogen-bond acceptors (Lipinski definition) is 3. The topological polar surface area (TPSA) is 46.6 Å². The summed E-state index contributed by atoms with van der Waals surface area (Å²) in [5.41, 5.74) is 1.08. The van der Waals surface area contributed by atoms with Gasteiger partial charge in [-0.05, 0) is 26.0 Å². The fourth-order valence-corrected chi connectivity index (χ4v) is 1.82. The van der Waals surface area contributed by atoms with Crippen molar-refractivity contribution in [2.45, 2.75) is 20.0 Å². The van der Waals surface area contributed by atoms with Gasteiger partial charge in [0.05, 0.1) is 11.3 Å². The molecule has 1 atom stereocenters. The highest BCUT2D eigenvalue weighted by atomic mass is 16.5. The molecular formula is C12H13NO3. The van der Waals surface area contributed by atoms with Gasteiger partial charge in [0.2, 0.25) is 0 Å². The molecule has 1 aliphatic heterocycles. The zero-order valence-corrected chi connectivity index (χ0v) is 9.27. The number of esters is 1. The molecule has 1 heterocycles. The van der Waals surface area contributed by atoms with E-state index >= 15 is 0 Å². The van der Waals surface area contributed by atoms with Crippen molar-refractivity contribution in [2.24, 2.45) is 0 Å². The van der Waals surface area contributed by atoms with E-state index in [-0.39, 0.29) is 5.91 Å². The van der Waals surface area contributed by atoms with Crippen LogP contribution in [0.3, 0.4) is 0 Å². The molecule has 0 aliphatic carbocycles. The summed E-state index contributed by atoms with van der Waals surface area (Å²) in [6, 6.07) is 6.99. The number of anilines is 1. The minimum Gasteiger partial charge on any atom is -0.449 e. The lowest BCUT2D eigenvalue weighted by molar-refractivity contribution is -0.126. The van der Waals surface area contributed by atoms with Gasteiger partial charge in [0.15, 0.2) is 6.10 Å². The molecule has 0 radical (unpaired) electrons. The third kappa shape index (κ3) is 1.56. The Morgan fingerprint density at radius 3 is 2.69 bits per heavy atom. The number of para-hydroxylation sites is 1. The largest absolute Gasteiger partial charge is 0.449 e. The highest BCUT2D eigenvalue weighted by molar-refractivity contribution is 6.07. The first-order valence-electron chi connectivity index (χ1n) is 5.26. The van der Waals surface area contributed by atoms with E-state index in [4.69, 9.17) is 4.74 Å². The van der Waals surface area contributed by atoms with E-state index in [1.54, 1.807) is 36.1 Å². The second-order valence-corrected chi connectivity index (χ2v) is 3.65. The van der Waals surface area contributed by atoms with Crippen LogP contribution in [0.5, 0.6) is 0 Å². The van der Waals surface area contributed by atoms with Crippen LogP contribution in [0.4, 0.5) is 5.69 Å². The van der Waals surface area contributed by atoms with Crippen molar-refractivity contribution in [3.63, 3.8) is 0 Å². The maximum atomic E-state index is 11.9. The average molecular weight is 219 g/mol. The zero-order chi connectivity index (χ0) is 11.7. The number of carbonyl (C=O) groups excluding carboxylic acids is 2. The second-order valence-electron chi connectivity index (χ2n) is 3.65. The molecule has 0 aromatic heterocycles. The molecule has 4 heteroatoms. The molecule has 0 saturated carbocycles. The number of amides is 1. The Labute approximate surface area is 93.8 Å². The van der Waals surface area contributed by atoms with Crippen molar-refractivity contribution < 1.29 is 14.3 Å². The van der Waals surface area contributed by atoms with E-state index in [0.717, 1.165) is 0 Å². The smallest absolute Gasteiger partial charge is 0.341 e. The molecule has 2 rings (SSSR count). The van der Waals surface area contributed by atoms with E-state index in [1.807, 2.05) is 6.92 Å². The van der Waals surface area contributed by atoms with Crippen LogP contribution >= 0.6 is 0 Å². The number of cyclic esters (lactones) is 1. The number of carbonyl (C=O) groups is 2. The van der Waals surface area contributed by atoms with Crippen LogP contribution in [0.1, 0.15) is 24.2 Å². The molecule has 16 heavy (non-hydrogen) atoms. The average Bonchev–Trinajstić information content (AvgIpc) is 2.37. The SMILES string of the molecule is CCN1C(=O)C(C)OC(=O)c2ccccc21. The lowest BCUT2D eigenvalue weighted by Crippen LogP contribution is -2.37. The lowest BCUT2D eigenvalue weighted by Gasteiger charge is -2.21. The predicted molar refractivity (Wildman–Crippen MR) is 59.3 cm³/mol. The number of ether oxygens (including phenoxy) is 1. The van der Waals surface area contributed by atoms with Crippen LogP contribution in [-0.2, 0) is 9.53 Å². The Morgan fingerprint density at radius 1 is 1.31 bits per heavy atom. The van der Waals surface area contributed by atoms with Crippen molar-refractivity contribution in [1.29, 1.82) is 0 Å². The number of benzene rings is 1. The maximum absolute atomic E-state index is 11.9. The fourth-order valence-electron chi connectivity index (χ4n) is 1.82. The summed E-state index contributed by atoms with van der Waals surface area (Å²) < 4.78 is 5.05. The van der Waals surface area contributed by atoms with Crippen LogP contribution < -0.4 is 4.90 Å². The van der Waals surface area contributed by atoms with Gasteiger partial charge in [-0.2, -0.15) is 0 Å². The van der Waals surface area contributed by atoms with Gasteiger partial charge in [0.1, 0.15) is 0 Å². The minimum atomic E-state index is -0.722. The zero-order valence-electron chi connectivity index (χ0n) is 9.27. The van der Waals surface area contributed by atoms with Crippen LogP contribution in [0, 0.1) is 0 Å². The molecule has 0 fully saturated rings. The van der Waals surface area contributed by atoms with Crippen molar-refractivity contribution in [3.05, 3.63) is 29.8 Å². The number of hydrogen-bond donors (Lipinski definition) is 0. The van der Waals surface area contributed by atoms with Gasteiger partial charge in [-0.25, -0.2) is 4.79 Å². The van der Waals surface area contributed by atoms with Gasteiger partial charge in [-0.3, -0.25) is 4.79 Å². The van der Waals surface area contributed by atoms with Gasteiger partial charge in [0.25, 0.3) is 5.91 Å². The highest BCUT2D eigenvalue weighted by Crippen LogP contribution is 2.25. The van der Waals surface area contributed by atoms with Crippen molar-refractivity contribution in [1.82, 2.24) is 0 Å². The minimum absolute atomic E-state index is 0.180. The Kier molecular flexibility index (Phi) is 2.64. The van der Waals surface area contributed by atoms with Crippen LogP contribution in [-0.4, -0.2) is 24.5 Å². The molecule has 0 saturated heterocycles. The monoisotopic (exact) mass is 219 g/mol. The first kappa shape index (κ1) is 10.7. The van der Waals surface area contributed by atoms with Crippen LogP contribution in [0.15, 0.2) is 24.3 Å². The molecule has 1 aromatic rings. The molecule has 84 valence electrons. The van der Waals surface area contributed by atoms with Crippen molar-refractivity contribution >= 4 is 17.6 Å². The molecule has 1 aliphatic rings. The molecular weight excluding hydrogens is 206 g/mol. The van der Waals surface area contributed by atoms with Crippen molar-refractivity contribution in [2.75, 3.05) is 11.4 Å². The first-order valence-corrected chi connectivity index (χ1v) is 5.26. The Morgan fingerprint density at radius 2 is 2.00 bits per heavy atom. The molecule has 1 aromatic carbocycles. The predicted octanol–water partition coefficient (Wildman–Crippen LogP) is 1.60. The summed E-state index contributed by atoms with van der Waals surface area (Å²) in [6.07, 6.45) is -0.722. The quantitative estimate of drug-likeness (QED) is 0.674. The summed E-state index contributed by atoms with van der Waals surface area (Å²) >= 11 is 0. The number of rotatable bonds is 1. The first-order chi connectivity index (χ1) is 7.65. The summed E-state index contributed by atoms with van der Waals surface area (Å²) in [5.74, 6) is -0.617. The third-order valence-corrected chi connectivity index (χ3v) is 2.63. The Bertz CT molecular complexity index is 442. The van der Waals surface area contributed by atoms with Gasteiger partial charge >= 0.3 is 5.97 Å². The molecule has 4 nitrogen and oxygen atoms in total. The van der Waals surface area contributed by atoms with Crippen LogP contribution in [0.25, 0.3) is 0 Å². The van der Waals surface area contributed by atoms with Crippen molar-refractivity contribution in [3.8, 4) is 0 Å². The number of nitrogens with zero attached hydrogens (tertiary/aromatic N) is 1. The molecule has 1 unspecified atom stereocenters. The summed E-state index contributed by atoms with van der Waals surface area (Å²) in [6.45, 7) is 3.99. The Hall–Kier alpha value is -1.84. The molecule has 0 spiro atoms. The van der Waals surface area contributed by atoms with E-state index in [9.17, 15) is 9.59 Å². The molecule has 0 bridgehead atoms. The van der Waals surface area contributed by atoms with E-state index in [1.165, 1.54) is 0 Å². The maximum Gasteiger partial charge on any atom is 0.341 e. The summed E-state index contributed by atoms with van der Waals surface area (Å²) in [7, 11) is 0. The van der Waals surface area contributed by atoms with Gasteiger partial charge in [-0.15, -0.1) is 0 Å². The third-order valence-electron chi connectivity index (χ3n) is 2.63. The van der Waals surface area contributed by atoms with Gasteiger partial charge in [-0.1, -0.05) is 12.1 Å². The standard InChI is InChI=1S/C12H13NO3/c1-3-13-10-7-5-4-6-9(10)12(15)16-8(2)11(13)14/h4-8H,3H2,1-2H3. The fraction of sp³-hybridized carbons (Fsp3) is 0.333. The summed E-state index contributed by atoms with van der Waals surface area (Å²) in [5, 5.41) is 0. The summed E-state index contributed by atoms with van der Waals surface area (Å²) in [4.78, 5) is 25.2. The highest BCUT2D eigenvalue weighted by Gasteiger charge is 2.31. The number of likely N-dealkylation sites (N-methyl/N-ethyl adjacent to an activating group) is 1. The molecule has 0 N–H and O–H groups in total. The molecule has 1 amide bonds. The van der Waals surface area contributed by atoms with E-state index in [2.05, 4.69) is 0 Å². The lowest BCUT2D eigenvalue weighted by atomic mass is 10.1. The van der Waals surface area contributed by atoms with Gasteiger partial charge < -0.3 is 9.64 Å². The van der Waals surface area contributed by atoms with Crippen LogP contribution in [0.2, 0.25) is 0 Å². The normalized spacial score (nSPS) is 20.1. The van der Waals surface area contributed by atoms with E-state index < -0.39 is 12.1 Å². The van der Waals surface area contributed by atoms with E-state index in [0.29, 0.717) is 17.8 Å².